The highest BCUT2D eigenvalue weighted by Crippen LogP contribution is 2.32. The van der Waals surface area contributed by atoms with E-state index in [9.17, 15) is 4.79 Å². The molecule has 1 aromatic heterocycles. The van der Waals surface area contributed by atoms with Crippen LogP contribution in [0.1, 0.15) is 29.0 Å². The highest BCUT2D eigenvalue weighted by atomic mass is 16.5. The van der Waals surface area contributed by atoms with Crippen molar-refractivity contribution < 1.29 is 9.53 Å². The van der Waals surface area contributed by atoms with E-state index in [1.54, 1.807) is 0 Å². The summed E-state index contributed by atoms with van der Waals surface area (Å²) in [7, 11) is 1.32. The van der Waals surface area contributed by atoms with E-state index in [-0.39, 0.29) is 11.7 Å². The van der Waals surface area contributed by atoms with E-state index in [1.165, 1.54) is 20.0 Å². The van der Waals surface area contributed by atoms with Crippen molar-refractivity contribution in [3.05, 3.63) is 11.4 Å². The molecule has 1 unspecified atom stereocenters. The molecule has 1 atom stereocenters. The second kappa shape index (κ2) is 3.98. The van der Waals surface area contributed by atoms with Crippen LogP contribution in [0.3, 0.4) is 0 Å². The topological polar surface area (TPSA) is 93.9 Å². The average Bonchev–Trinajstić information content (AvgIpc) is 2.99. The third kappa shape index (κ3) is 2.15. The van der Waals surface area contributed by atoms with E-state index in [0.29, 0.717) is 18.0 Å². The molecular weight excluding hydrogens is 196 g/mol. The number of ether oxygens (including phenoxy) is 1. The molecule has 6 nitrogen and oxygen atoms in total. The number of hydrogen-bond donors (Lipinski definition) is 2. The number of carbonyl (C=O) groups is 1. The number of rotatable bonds is 4. The van der Waals surface area contributed by atoms with Gasteiger partial charge in [-0.3, -0.25) is 0 Å². The molecule has 0 aliphatic heterocycles. The van der Waals surface area contributed by atoms with Gasteiger partial charge >= 0.3 is 5.97 Å². The lowest BCUT2D eigenvalue weighted by molar-refractivity contribution is 0.0592. The number of aromatic amines is 1. The van der Waals surface area contributed by atoms with Crippen molar-refractivity contribution in [2.24, 2.45) is 11.7 Å². The van der Waals surface area contributed by atoms with Crippen LogP contribution in [-0.2, 0) is 11.2 Å². The number of H-pyrrole nitrogens is 1. The van der Waals surface area contributed by atoms with Gasteiger partial charge in [0, 0.05) is 12.5 Å². The van der Waals surface area contributed by atoms with E-state index in [1.807, 2.05) is 0 Å². The van der Waals surface area contributed by atoms with Gasteiger partial charge in [-0.15, -0.1) is 5.10 Å². The van der Waals surface area contributed by atoms with Crippen LogP contribution in [0.15, 0.2) is 0 Å². The standard InChI is InChI=1S/C9H14N4O2/c1-15-9(14)8-7(11-13-12-8)4-6(10)5-2-3-5/h5-6H,2-4,10H2,1H3,(H,11,12,13). The molecule has 0 bridgehead atoms. The number of aromatic nitrogens is 3. The van der Waals surface area contributed by atoms with Gasteiger partial charge in [0.1, 0.15) is 0 Å². The number of hydrogen-bond acceptors (Lipinski definition) is 5. The number of nitrogens with two attached hydrogens (primary N) is 1. The molecule has 1 aromatic rings. The van der Waals surface area contributed by atoms with Gasteiger partial charge in [-0.2, -0.15) is 10.3 Å². The maximum atomic E-state index is 11.3. The fourth-order valence-corrected chi connectivity index (χ4v) is 1.57. The van der Waals surface area contributed by atoms with Crippen LogP contribution >= 0.6 is 0 Å². The second-order valence-electron chi connectivity index (χ2n) is 3.82. The largest absolute Gasteiger partial charge is 0.464 e. The first-order valence-electron chi connectivity index (χ1n) is 4.96. The van der Waals surface area contributed by atoms with Gasteiger partial charge in [0.2, 0.25) is 0 Å². The molecule has 15 heavy (non-hydrogen) atoms. The lowest BCUT2D eigenvalue weighted by Gasteiger charge is -2.07. The number of methoxy groups -OCH3 is 1. The normalized spacial score (nSPS) is 17.5. The Morgan fingerprint density at radius 1 is 1.67 bits per heavy atom. The zero-order valence-corrected chi connectivity index (χ0v) is 8.56. The van der Waals surface area contributed by atoms with Gasteiger partial charge in [-0.25, -0.2) is 4.79 Å². The summed E-state index contributed by atoms with van der Waals surface area (Å²) in [5.74, 6) is 0.106. The van der Waals surface area contributed by atoms with Crippen LogP contribution in [0.5, 0.6) is 0 Å². The third-order valence-electron chi connectivity index (χ3n) is 2.66. The molecule has 0 aromatic carbocycles. The van der Waals surface area contributed by atoms with Crippen LogP contribution in [0.25, 0.3) is 0 Å². The van der Waals surface area contributed by atoms with Crippen molar-refractivity contribution >= 4 is 5.97 Å². The molecule has 1 aliphatic carbocycles. The molecule has 0 saturated heterocycles. The predicted octanol–water partition coefficient (Wildman–Crippen LogP) is -0.129. The van der Waals surface area contributed by atoms with E-state index in [0.717, 1.165) is 0 Å². The van der Waals surface area contributed by atoms with Crippen molar-refractivity contribution in [3.63, 3.8) is 0 Å². The lowest BCUT2D eigenvalue weighted by atomic mass is 10.1. The highest BCUT2D eigenvalue weighted by Gasteiger charge is 2.30. The van der Waals surface area contributed by atoms with Gasteiger partial charge in [0.05, 0.1) is 12.8 Å². The predicted molar refractivity (Wildman–Crippen MR) is 52.1 cm³/mol. The molecule has 3 N–H and O–H groups in total. The van der Waals surface area contributed by atoms with Gasteiger partial charge in [0.15, 0.2) is 5.69 Å². The SMILES string of the molecule is COC(=O)c1n[nH]nc1CC(N)C1CC1. The van der Waals surface area contributed by atoms with Crippen molar-refractivity contribution in [1.82, 2.24) is 15.4 Å². The molecular formula is C9H14N4O2. The zero-order valence-electron chi connectivity index (χ0n) is 8.56. The summed E-state index contributed by atoms with van der Waals surface area (Å²) >= 11 is 0. The van der Waals surface area contributed by atoms with Crippen molar-refractivity contribution in [2.45, 2.75) is 25.3 Å². The van der Waals surface area contributed by atoms with Crippen molar-refractivity contribution in [3.8, 4) is 0 Å². The first-order chi connectivity index (χ1) is 7.22. The van der Waals surface area contributed by atoms with Gasteiger partial charge in [-0.1, -0.05) is 0 Å². The Hall–Kier alpha value is -1.43. The minimum Gasteiger partial charge on any atom is -0.464 e. The minimum absolute atomic E-state index is 0.0681. The zero-order chi connectivity index (χ0) is 10.8. The molecule has 6 heteroatoms. The maximum absolute atomic E-state index is 11.3. The molecule has 0 radical (unpaired) electrons. The minimum atomic E-state index is -0.471. The Kier molecular flexibility index (Phi) is 2.68. The monoisotopic (exact) mass is 210 g/mol. The van der Waals surface area contributed by atoms with Crippen molar-refractivity contribution in [2.75, 3.05) is 7.11 Å². The van der Waals surface area contributed by atoms with Crippen LogP contribution in [0.4, 0.5) is 0 Å². The van der Waals surface area contributed by atoms with Crippen LogP contribution in [-0.4, -0.2) is 34.5 Å². The molecule has 1 saturated carbocycles. The van der Waals surface area contributed by atoms with Gasteiger partial charge in [-0.05, 0) is 18.8 Å². The fourth-order valence-electron chi connectivity index (χ4n) is 1.57. The lowest BCUT2D eigenvalue weighted by Crippen LogP contribution is -2.26. The van der Waals surface area contributed by atoms with Gasteiger partial charge in [0.25, 0.3) is 0 Å². The molecule has 0 amide bonds. The molecule has 2 rings (SSSR count). The van der Waals surface area contributed by atoms with Gasteiger partial charge < -0.3 is 10.5 Å². The summed E-state index contributed by atoms with van der Waals surface area (Å²) in [5, 5.41) is 10.1. The van der Waals surface area contributed by atoms with E-state index < -0.39 is 5.97 Å². The van der Waals surface area contributed by atoms with Crippen LogP contribution in [0, 0.1) is 5.92 Å². The summed E-state index contributed by atoms with van der Waals surface area (Å²) in [6.45, 7) is 0. The average molecular weight is 210 g/mol. The molecule has 1 fully saturated rings. The summed E-state index contributed by atoms with van der Waals surface area (Å²) < 4.78 is 4.59. The smallest absolute Gasteiger partial charge is 0.360 e. The van der Waals surface area contributed by atoms with Crippen LogP contribution < -0.4 is 5.73 Å². The Bertz CT molecular complexity index is 359. The summed E-state index contributed by atoms with van der Waals surface area (Å²) in [6, 6.07) is 0.0681. The Balaban J connectivity index is 2.06. The molecule has 1 heterocycles. The highest BCUT2D eigenvalue weighted by molar-refractivity contribution is 5.88. The number of carbonyl (C=O) groups excluding carboxylic acids is 1. The molecule has 82 valence electrons. The van der Waals surface area contributed by atoms with E-state index in [4.69, 9.17) is 5.73 Å². The third-order valence-corrected chi connectivity index (χ3v) is 2.66. The Labute approximate surface area is 87.2 Å². The first kappa shape index (κ1) is 10.1. The first-order valence-corrected chi connectivity index (χ1v) is 4.96. The quantitative estimate of drug-likeness (QED) is 0.675. The number of esters is 1. The number of nitrogens with zero attached hydrogens (tertiary/aromatic N) is 2. The summed E-state index contributed by atoms with van der Waals surface area (Å²) in [4.78, 5) is 11.3. The molecule has 0 spiro atoms. The Morgan fingerprint density at radius 3 is 3.00 bits per heavy atom. The molecule has 1 aliphatic rings. The van der Waals surface area contributed by atoms with E-state index in [2.05, 4.69) is 20.1 Å². The second-order valence-corrected chi connectivity index (χ2v) is 3.82. The summed E-state index contributed by atoms with van der Waals surface area (Å²) in [5.41, 5.74) is 6.79. The summed E-state index contributed by atoms with van der Waals surface area (Å²) in [6.07, 6.45) is 2.92. The Morgan fingerprint density at radius 2 is 2.40 bits per heavy atom. The fraction of sp³-hybridized carbons (Fsp3) is 0.667. The number of nitrogens with one attached hydrogen (secondary N) is 1. The van der Waals surface area contributed by atoms with Crippen molar-refractivity contribution in [1.29, 1.82) is 0 Å². The maximum Gasteiger partial charge on any atom is 0.360 e. The van der Waals surface area contributed by atoms with Crippen LogP contribution in [0.2, 0.25) is 0 Å². The van der Waals surface area contributed by atoms with E-state index >= 15 is 0 Å².